The fourth-order valence-corrected chi connectivity index (χ4v) is 3.01. The Kier molecular flexibility index (Phi) is 6.06. The van der Waals surface area contributed by atoms with Crippen molar-refractivity contribution in [3.63, 3.8) is 0 Å². The molecule has 3 rings (SSSR count). The second kappa shape index (κ2) is 8.66. The van der Waals surface area contributed by atoms with E-state index in [4.69, 9.17) is 4.42 Å². The topological polar surface area (TPSA) is 73.0 Å². The zero-order valence-electron chi connectivity index (χ0n) is 16.1. The second-order valence-electron chi connectivity index (χ2n) is 6.80. The summed E-state index contributed by atoms with van der Waals surface area (Å²) in [6, 6.07) is 11.9. The van der Waals surface area contributed by atoms with Gasteiger partial charge < -0.3 is 14.3 Å². The maximum absolute atomic E-state index is 12.3. The van der Waals surface area contributed by atoms with Gasteiger partial charge in [0.1, 0.15) is 17.8 Å². The molecule has 27 heavy (non-hydrogen) atoms. The van der Waals surface area contributed by atoms with Gasteiger partial charge in [-0.25, -0.2) is 0 Å². The van der Waals surface area contributed by atoms with Crippen LogP contribution < -0.4 is 5.32 Å². The molecule has 2 heterocycles. The molecule has 1 unspecified atom stereocenters. The summed E-state index contributed by atoms with van der Waals surface area (Å²) in [4.78, 5) is 12.3. The van der Waals surface area contributed by atoms with Gasteiger partial charge in [-0.2, -0.15) is 0 Å². The summed E-state index contributed by atoms with van der Waals surface area (Å²) >= 11 is 0. The number of amides is 1. The predicted molar refractivity (Wildman–Crippen MR) is 104 cm³/mol. The van der Waals surface area contributed by atoms with E-state index in [1.165, 1.54) is 5.56 Å². The Balaban J connectivity index is 1.53. The average Bonchev–Trinajstić information content (AvgIpc) is 3.30. The predicted octanol–water partition coefficient (Wildman–Crippen LogP) is 4.07. The SMILES string of the molecule is CCCn1cnnc1C(C)NC(=O)CCc1ccc(-c2ccc(C)cc2)o1. The molecule has 6 nitrogen and oxygen atoms in total. The third-order valence-electron chi connectivity index (χ3n) is 4.47. The zero-order chi connectivity index (χ0) is 19.2. The lowest BCUT2D eigenvalue weighted by Crippen LogP contribution is -2.28. The maximum atomic E-state index is 12.3. The largest absolute Gasteiger partial charge is 0.461 e. The first-order valence-corrected chi connectivity index (χ1v) is 9.39. The fourth-order valence-electron chi connectivity index (χ4n) is 3.01. The van der Waals surface area contributed by atoms with Crippen LogP contribution in [0.4, 0.5) is 0 Å². The summed E-state index contributed by atoms with van der Waals surface area (Å²) in [5.41, 5.74) is 2.26. The molecular formula is C21H26N4O2. The first-order valence-electron chi connectivity index (χ1n) is 9.39. The number of aryl methyl sites for hydroxylation is 3. The average molecular weight is 366 g/mol. The Hall–Kier alpha value is -2.89. The molecule has 142 valence electrons. The van der Waals surface area contributed by atoms with Crippen LogP contribution in [0.3, 0.4) is 0 Å². The van der Waals surface area contributed by atoms with Crippen molar-refractivity contribution in [2.45, 2.75) is 52.6 Å². The quantitative estimate of drug-likeness (QED) is 0.652. The molecule has 1 amide bonds. The van der Waals surface area contributed by atoms with Crippen molar-refractivity contribution in [1.82, 2.24) is 20.1 Å². The molecule has 0 saturated heterocycles. The van der Waals surface area contributed by atoms with Crippen LogP contribution in [0, 0.1) is 6.92 Å². The zero-order valence-corrected chi connectivity index (χ0v) is 16.1. The molecule has 3 aromatic rings. The summed E-state index contributed by atoms with van der Waals surface area (Å²) in [5, 5.41) is 11.1. The summed E-state index contributed by atoms with van der Waals surface area (Å²) < 4.78 is 7.86. The van der Waals surface area contributed by atoms with E-state index < -0.39 is 0 Å². The second-order valence-corrected chi connectivity index (χ2v) is 6.80. The molecule has 2 aromatic heterocycles. The van der Waals surface area contributed by atoms with Gasteiger partial charge in [0.2, 0.25) is 5.91 Å². The molecule has 0 saturated carbocycles. The van der Waals surface area contributed by atoms with Gasteiger partial charge in [-0.3, -0.25) is 4.79 Å². The molecule has 0 aliphatic heterocycles. The molecule has 0 spiro atoms. The molecular weight excluding hydrogens is 340 g/mol. The summed E-state index contributed by atoms with van der Waals surface area (Å²) in [6.45, 7) is 6.93. The Bertz CT molecular complexity index is 880. The van der Waals surface area contributed by atoms with Crippen LogP contribution in [0.1, 0.15) is 49.9 Å². The normalized spacial score (nSPS) is 12.1. The molecule has 1 aromatic carbocycles. The van der Waals surface area contributed by atoms with E-state index in [9.17, 15) is 4.79 Å². The van der Waals surface area contributed by atoms with Crippen molar-refractivity contribution in [2.75, 3.05) is 0 Å². The Labute approximate surface area is 159 Å². The minimum absolute atomic E-state index is 0.0261. The van der Waals surface area contributed by atoms with Gasteiger partial charge in [-0.15, -0.1) is 10.2 Å². The fraction of sp³-hybridized carbons (Fsp3) is 0.381. The Morgan fingerprint density at radius 2 is 2.00 bits per heavy atom. The smallest absolute Gasteiger partial charge is 0.221 e. The molecule has 0 aliphatic carbocycles. The minimum atomic E-state index is -0.175. The summed E-state index contributed by atoms with van der Waals surface area (Å²) in [5.74, 6) is 2.39. The van der Waals surface area contributed by atoms with Crippen LogP contribution in [0.2, 0.25) is 0 Å². The number of aromatic nitrogens is 3. The van der Waals surface area contributed by atoms with Gasteiger partial charge in [0, 0.05) is 24.9 Å². The van der Waals surface area contributed by atoms with Crippen molar-refractivity contribution < 1.29 is 9.21 Å². The molecule has 1 N–H and O–H groups in total. The number of rotatable bonds is 8. The highest BCUT2D eigenvalue weighted by atomic mass is 16.3. The Morgan fingerprint density at radius 1 is 1.22 bits per heavy atom. The van der Waals surface area contributed by atoms with E-state index in [1.807, 2.05) is 35.8 Å². The maximum Gasteiger partial charge on any atom is 0.221 e. The van der Waals surface area contributed by atoms with Gasteiger partial charge in [0.05, 0.1) is 6.04 Å². The lowest BCUT2D eigenvalue weighted by molar-refractivity contribution is -0.121. The summed E-state index contributed by atoms with van der Waals surface area (Å²) in [6.07, 6.45) is 3.63. The Morgan fingerprint density at radius 3 is 2.74 bits per heavy atom. The number of hydrogen-bond donors (Lipinski definition) is 1. The molecule has 6 heteroatoms. The number of furan rings is 1. The van der Waals surface area contributed by atoms with E-state index in [1.54, 1.807) is 6.33 Å². The lowest BCUT2D eigenvalue weighted by Gasteiger charge is -2.14. The number of carbonyl (C=O) groups is 1. The highest BCUT2D eigenvalue weighted by molar-refractivity contribution is 5.76. The number of hydrogen-bond acceptors (Lipinski definition) is 4. The van der Waals surface area contributed by atoms with Gasteiger partial charge in [-0.05, 0) is 32.4 Å². The first-order chi connectivity index (χ1) is 13.1. The monoisotopic (exact) mass is 366 g/mol. The highest BCUT2D eigenvalue weighted by Crippen LogP contribution is 2.23. The van der Waals surface area contributed by atoms with Crippen LogP contribution in [0.15, 0.2) is 47.1 Å². The standard InChI is InChI=1S/C21H26N4O2/c1-4-13-25-14-22-24-21(25)16(3)23-20(26)12-10-18-9-11-19(27-18)17-7-5-15(2)6-8-17/h5-9,11,14,16H,4,10,12-13H2,1-3H3,(H,23,26). The molecule has 1 atom stereocenters. The van der Waals surface area contributed by atoms with E-state index >= 15 is 0 Å². The van der Waals surface area contributed by atoms with Crippen molar-refractivity contribution in [2.24, 2.45) is 0 Å². The number of benzene rings is 1. The highest BCUT2D eigenvalue weighted by Gasteiger charge is 2.16. The van der Waals surface area contributed by atoms with Crippen molar-refractivity contribution in [3.05, 3.63) is 59.9 Å². The van der Waals surface area contributed by atoms with Crippen molar-refractivity contribution in [1.29, 1.82) is 0 Å². The van der Waals surface area contributed by atoms with E-state index in [2.05, 4.69) is 41.5 Å². The molecule has 0 bridgehead atoms. The third-order valence-corrected chi connectivity index (χ3v) is 4.47. The lowest BCUT2D eigenvalue weighted by atomic mass is 10.1. The van der Waals surface area contributed by atoms with Gasteiger partial charge in [0.15, 0.2) is 5.82 Å². The van der Waals surface area contributed by atoms with Crippen LogP contribution in [0.5, 0.6) is 0 Å². The number of nitrogens with zero attached hydrogens (tertiary/aromatic N) is 3. The molecule has 0 aliphatic rings. The van der Waals surface area contributed by atoms with Gasteiger partial charge >= 0.3 is 0 Å². The van der Waals surface area contributed by atoms with E-state index in [0.717, 1.165) is 35.9 Å². The van der Waals surface area contributed by atoms with E-state index in [-0.39, 0.29) is 11.9 Å². The van der Waals surface area contributed by atoms with Crippen molar-refractivity contribution >= 4 is 5.91 Å². The summed E-state index contributed by atoms with van der Waals surface area (Å²) in [7, 11) is 0. The van der Waals surface area contributed by atoms with Crippen LogP contribution in [-0.4, -0.2) is 20.7 Å². The van der Waals surface area contributed by atoms with Gasteiger partial charge in [0.25, 0.3) is 0 Å². The third kappa shape index (κ3) is 4.84. The van der Waals surface area contributed by atoms with Crippen molar-refractivity contribution in [3.8, 4) is 11.3 Å². The van der Waals surface area contributed by atoms with Crippen LogP contribution >= 0.6 is 0 Å². The van der Waals surface area contributed by atoms with Crippen LogP contribution in [0.25, 0.3) is 11.3 Å². The molecule has 0 fully saturated rings. The molecule has 0 radical (unpaired) electrons. The number of nitrogens with one attached hydrogen (secondary N) is 1. The van der Waals surface area contributed by atoms with Crippen LogP contribution in [-0.2, 0) is 17.8 Å². The van der Waals surface area contributed by atoms with E-state index in [0.29, 0.717) is 12.8 Å². The minimum Gasteiger partial charge on any atom is -0.461 e. The van der Waals surface area contributed by atoms with Gasteiger partial charge in [-0.1, -0.05) is 36.8 Å². The first kappa shape index (κ1) is 18.9. The number of carbonyl (C=O) groups excluding carboxylic acids is 1.